The van der Waals surface area contributed by atoms with Crippen molar-refractivity contribution in [3.8, 4) is 0 Å². The number of benzene rings is 1. The van der Waals surface area contributed by atoms with E-state index in [9.17, 15) is 9.18 Å². The normalized spacial score (nSPS) is 11.2. The Morgan fingerprint density at radius 1 is 1.42 bits per heavy atom. The van der Waals surface area contributed by atoms with Gasteiger partial charge < -0.3 is 5.11 Å². The number of hydrogen-bond acceptors (Lipinski definition) is 3. The van der Waals surface area contributed by atoms with Crippen LogP contribution in [0, 0.1) is 11.7 Å². The average Bonchev–Trinajstić information content (AvgIpc) is 2.30. The second-order valence-electron chi connectivity index (χ2n) is 4.80. The van der Waals surface area contributed by atoms with Crippen molar-refractivity contribution in [1.29, 1.82) is 0 Å². The molecule has 5 heteroatoms. The van der Waals surface area contributed by atoms with Crippen molar-refractivity contribution in [3.05, 3.63) is 30.1 Å². The zero-order chi connectivity index (χ0) is 14.3. The van der Waals surface area contributed by atoms with Gasteiger partial charge in [-0.2, -0.15) is 0 Å². The number of nitrogens with zero attached hydrogens (tertiary/aromatic N) is 1. The maximum Gasteiger partial charge on any atom is 0.317 e. The van der Waals surface area contributed by atoms with Crippen LogP contribution >= 0.6 is 11.8 Å². The Morgan fingerprint density at radius 2 is 2.11 bits per heavy atom. The van der Waals surface area contributed by atoms with Crippen LogP contribution < -0.4 is 0 Å². The van der Waals surface area contributed by atoms with Gasteiger partial charge in [-0.25, -0.2) is 4.39 Å². The summed E-state index contributed by atoms with van der Waals surface area (Å²) < 4.78 is 13.4. The SMILES string of the molecule is CC(C)CN(CCSc1ccccc1F)CC(=O)O. The van der Waals surface area contributed by atoms with E-state index in [-0.39, 0.29) is 12.4 Å². The molecule has 0 atom stereocenters. The van der Waals surface area contributed by atoms with Gasteiger partial charge in [-0.05, 0) is 18.1 Å². The summed E-state index contributed by atoms with van der Waals surface area (Å²) in [5.74, 6) is 0.0523. The molecule has 19 heavy (non-hydrogen) atoms. The highest BCUT2D eigenvalue weighted by Gasteiger charge is 2.11. The lowest BCUT2D eigenvalue weighted by Gasteiger charge is -2.22. The number of halogens is 1. The first-order valence-electron chi connectivity index (χ1n) is 6.30. The van der Waals surface area contributed by atoms with Gasteiger partial charge >= 0.3 is 5.97 Å². The minimum absolute atomic E-state index is 0.0377. The number of carbonyl (C=O) groups is 1. The third kappa shape index (κ3) is 6.59. The lowest BCUT2D eigenvalue weighted by atomic mass is 10.2. The molecule has 0 spiro atoms. The van der Waals surface area contributed by atoms with Crippen LogP contribution in [0.3, 0.4) is 0 Å². The molecular formula is C14H20FNO2S. The molecule has 0 saturated heterocycles. The zero-order valence-electron chi connectivity index (χ0n) is 11.3. The second-order valence-corrected chi connectivity index (χ2v) is 5.94. The Kier molecular flexibility index (Phi) is 6.87. The van der Waals surface area contributed by atoms with Crippen molar-refractivity contribution in [1.82, 2.24) is 4.90 Å². The number of rotatable bonds is 8. The molecule has 1 N–H and O–H groups in total. The van der Waals surface area contributed by atoms with Crippen molar-refractivity contribution in [2.45, 2.75) is 18.7 Å². The maximum absolute atomic E-state index is 13.4. The van der Waals surface area contributed by atoms with Gasteiger partial charge in [0, 0.05) is 23.7 Å². The van der Waals surface area contributed by atoms with Gasteiger partial charge in [-0.1, -0.05) is 26.0 Å². The van der Waals surface area contributed by atoms with Crippen LogP contribution in [0.15, 0.2) is 29.2 Å². The first kappa shape index (κ1) is 16.0. The summed E-state index contributed by atoms with van der Waals surface area (Å²) in [5.41, 5.74) is 0. The van der Waals surface area contributed by atoms with E-state index in [1.807, 2.05) is 4.90 Å². The van der Waals surface area contributed by atoms with Crippen molar-refractivity contribution in [2.75, 3.05) is 25.4 Å². The van der Waals surface area contributed by atoms with Crippen LogP contribution in [-0.4, -0.2) is 41.4 Å². The minimum atomic E-state index is -0.823. The molecule has 106 valence electrons. The molecule has 0 aliphatic carbocycles. The molecule has 1 aromatic rings. The van der Waals surface area contributed by atoms with Crippen LogP contribution in [0.1, 0.15) is 13.8 Å². The molecule has 0 saturated carbocycles. The number of aliphatic carboxylic acids is 1. The Hall–Kier alpha value is -1.07. The smallest absolute Gasteiger partial charge is 0.317 e. The van der Waals surface area contributed by atoms with Crippen LogP contribution in [0.4, 0.5) is 4.39 Å². The molecule has 0 fully saturated rings. The van der Waals surface area contributed by atoms with E-state index in [4.69, 9.17) is 5.11 Å². The Labute approximate surface area is 117 Å². The molecular weight excluding hydrogens is 265 g/mol. The molecule has 0 unspecified atom stereocenters. The highest BCUT2D eigenvalue weighted by molar-refractivity contribution is 7.99. The van der Waals surface area contributed by atoms with Gasteiger partial charge in [0.05, 0.1) is 6.54 Å². The quantitative estimate of drug-likeness (QED) is 0.746. The molecule has 0 amide bonds. The van der Waals surface area contributed by atoms with Gasteiger partial charge in [0.25, 0.3) is 0 Å². The van der Waals surface area contributed by atoms with E-state index < -0.39 is 5.97 Å². The molecule has 0 radical (unpaired) electrons. The maximum atomic E-state index is 13.4. The fraction of sp³-hybridized carbons (Fsp3) is 0.500. The summed E-state index contributed by atoms with van der Waals surface area (Å²) in [7, 11) is 0. The third-order valence-corrected chi connectivity index (χ3v) is 3.51. The average molecular weight is 285 g/mol. The van der Waals surface area contributed by atoms with E-state index in [0.717, 1.165) is 6.54 Å². The highest BCUT2D eigenvalue weighted by Crippen LogP contribution is 2.21. The number of carboxylic acids is 1. The van der Waals surface area contributed by atoms with Crippen LogP contribution in [0.5, 0.6) is 0 Å². The fourth-order valence-electron chi connectivity index (χ4n) is 1.79. The molecule has 0 heterocycles. The topological polar surface area (TPSA) is 40.5 Å². The van der Waals surface area contributed by atoms with Gasteiger partial charge in [-0.3, -0.25) is 9.69 Å². The first-order chi connectivity index (χ1) is 8.99. The Morgan fingerprint density at radius 3 is 2.68 bits per heavy atom. The number of carboxylic acid groups (broad SMARTS) is 1. The fourth-order valence-corrected chi connectivity index (χ4v) is 2.74. The van der Waals surface area contributed by atoms with Crippen molar-refractivity contribution < 1.29 is 14.3 Å². The summed E-state index contributed by atoms with van der Waals surface area (Å²) in [6.07, 6.45) is 0. The lowest BCUT2D eigenvalue weighted by Crippen LogP contribution is -2.34. The van der Waals surface area contributed by atoms with E-state index in [1.165, 1.54) is 17.8 Å². The zero-order valence-corrected chi connectivity index (χ0v) is 12.1. The summed E-state index contributed by atoms with van der Waals surface area (Å²) in [4.78, 5) is 13.3. The minimum Gasteiger partial charge on any atom is -0.480 e. The molecule has 1 aromatic carbocycles. The summed E-state index contributed by atoms with van der Waals surface area (Å²) in [6.45, 7) is 5.53. The summed E-state index contributed by atoms with van der Waals surface area (Å²) >= 11 is 1.42. The predicted molar refractivity (Wildman–Crippen MR) is 76.0 cm³/mol. The Balaban J connectivity index is 2.43. The van der Waals surface area contributed by atoms with Crippen LogP contribution in [-0.2, 0) is 4.79 Å². The second kappa shape index (κ2) is 8.17. The molecule has 0 aliphatic heterocycles. The van der Waals surface area contributed by atoms with E-state index in [2.05, 4.69) is 13.8 Å². The van der Waals surface area contributed by atoms with E-state index >= 15 is 0 Å². The standard InChI is InChI=1S/C14H20FNO2S/c1-11(2)9-16(10-14(17)18)7-8-19-13-6-4-3-5-12(13)15/h3-6,11H,7-10H2,1-2H3,(H,17,18). The highest BCUT2D eigenvalue weighted by atomic mass is 32.2. The van der Waals surface area contributed by atoms with Gasteiger partial charge in [-0.15, -0.1) is 11.8 Å². The molecule has 1 rings (SSSR count). The largest absolute Gasteiger partial charge is 0.480 e. The van der Waals surface area contributed by atoms with Crippen LogP contribution in [0.25, 0.3) is 0 Å². The first-order valence-corrected chi connectivity index (χ1v) is 7.29. The van der Waals surface area contributed by atoms with E-state index in [1.54, 1.807) is 18.2 Å². The van der Waals surface area contributed by atoms with Gasteiger partial charge in [0.2, 0.25) is 0 Å². The lowest BCUT2D eigenvalue weighted by molar-refractivity contribution is -0.138. The van der Waals surface area contributed by atoms with Crippen LogP contribution in [0.2, 0.25) is 0 Å². The molecule has 3 nitrogen and oxygen atoms in total. The molecule has 0 aromatic heterocycles. The monoisotopic (exact) mass is 285 g/mol. The number of thioether (sulfide) groups is 1. The summed E-state index contributed by atoms with van der Waals surface area (Å²) in [5, 5.41) is 8.85. The van der Waals surface area contributed by atoms with E-state index in [0.29, 0.717) is 23.1 Å². The predicted octanol–water partition coefficient (Wildman–Crippen LogP) is 2.96. The Bertz CT molecular complexity index is 412. The van der Waals surface area contributed by atoms with Crippen molar-refractivity contribution >= 4 is 17.7 Å². The third-order valence-electron chi connectivity index (χ3n) is 2.48. The summed E-state index contributed by atoms with van der Waals surface area (Å²) in [6, 6.07) is 6.64. The molecule has 0 aliphatic rings. The van der Waals surface area contributed by atoms with Crippen molar-refractivity contribution in [3.63, 3.8) is 0 Å². The van der Waals surface area contributed by atoms with Gasteiger partial charge in [0.1, 0.15) is 5.82 Å². The van der Waals surface area contributed by atoms with Gasteiger partial charge in [0.15, 0.2) is 0 Å². The molecule has 0 bridgehead atoms. The van der Waals surface area contributed by atoms with Crippen molar-refractivity contribution in [2.24, 2.45) is 5.92 Å². The number of hydrogen-bond donors (Lipinski definition) is 1.